The number of imidazole rings is 1. The Kier molecular flexibility index (Phi) is 7.12. The van der Waals surface area contributed by atoms with Crippen molar-refractivity contribution in [2.24, 2.45) is 33.0 Å². The lowest BCUT2D eigenvalue weighted by Gasteiger charge is -2.70. The summed E-state index contributed by atoms with van der Waals surface area (Å²) in [4.78, 5) is 30.5. The summed E-state index contributed by atoms with van der Waals surface area (Å²) in [5.41, 5.74) is 3.51. The van der Waals surface area contributed by atoms with E-state index in [4.69, 9.17) is 10.00 Å². The first-order valence-electron chi connectivity index (χ1n) is 16.3. The van der Waals surface area contributed by atoms with Gasteiger partial charge < -0.3 is 14.4 Å². The maximum absolute atomic E-state index is 13.7. The molecule has 45 heavy (non-hydrogen) atoms. The van der Waals surface area contributed by atoms with Crippen LogP contribution in [0, 0.1) is 55.7 Å². The molecule has 0 aliphatic heterocycles. The molecule has 6 atom stereocenters. The normalized spacial score (nSPS) is 37.0. The highest BCUT2D eigenvalue weighted by Crippen LogP contribution is 2.75. The number of ketones is 1. The zero-order chi connectivity index (χ0) is 32.6. The van der Waals surface area contributed by atoms with Crippen molar-refractivity contribution in [2.75, 3.05) is 6.61 Å². The molecule has 5 aliphatic carbocycles. The third kappa shape index (κ3) is 4.32. The molecule has 1 heterocycles. The fourth-order valence-electron chi connectivity index (χ4n) is 9.97. The number of nitrogens with zero attached hydrogens (tertiary/aromatic N) is 4. The summed E-state index contributed by atoms with van der Waals surface area (Å²) in [5, 5.41) is 28.9. The second kappa shape index (κ2) is 10.3. The monoisotopic (exact) mass is 608 g/mol. The van der Waals surface area contributed by atoms with Crippen molar-refractivity contribution in [3.8, 4) is 12.1 Å². The molecule has 8 nitrogen and oxygen atoms in total. The molecule has 236 valence electrons. The molecule has 8 heteroatoms. The SMILES string of the molecule is CC1=C(O)C(=O)C=C2C1=CC=C1[C@@]2(C)CC[C@@]2(C)[C@@H]3C[C@](C)(C(=O)OCCCn4cnc(C#N)c4C#N)CC[C@]3(C)CC[C@]12C. The van der Waals surface area contributed by atoms with Crippen molar-refractivity contribution < 1.29 is 19.4 Å². The first-order valence-corrected chi connectivity index (χ1v) is 16.3. The maximum Gasteiger partial charge on any atom is 0.311 e. The number of fused-ring (bicyclic) bond motifs is 7. The van der Waals surface area contributed by atoms with Gasteiger partial charge in [-0.1, -0.05) is 45.4 Å². The number of ether oxygens (including phenoxy) is 1. The van der Waals surface area contributed by atoms with Crippen LogP contribution in [0.5, 0.6) is 0 Å². The van der Waals surface area contributed by atoms with Crippen LogP contribution in [-0.2, 0) is 20.9 Å². The predicted octanol–water partition coefficient (Wildman–Crippen LogP) is 7.19. The summed E-state index contributed by atoms with van der Waals surface area (Å²) in [6.07, 6.45) is 14.7. The average Bonchev–Trinajstić information content (AvgIpc) is 3.42. The van der Waals surface area contributed by atoms with Crippen LogP contribution < -0.4 is 0 Å². The number of rotatable bonds is 5. The molecular formula is C37H44N4O4. The second-order valence-corrected chi connectivity index (χ2v) is 15.5. The van der Waals surface area contributed by atoms with Crippen molar-refractivity contribution in [3.63, 3.8) is 0 Å². The number of aryl methyl sites for hydroxylation is 1. The summed E-state index contributed by atoms with van der Waals surface area (Å²) in [6.45, 7) is 14.2. The lowest BCUT2D eigenvalue weighted by atomic mass is 9.34. The van der Waals surface area contributed by atoms with Crippen LogP contribution in [0.25, 0.3) is 0 Å². The van der Waals surface area contributed by atoms with E-state index in [2.05, 4.69) is 51.8 Å². The Bertz CT molecular complexity index is 1710. The van der Waals surface area contributed by atoms with Crippen LogP contribution in [0.15, 0.2) is 52.6 Å². The third-order valence-corrected chi connectivity index (χ3v) is 13.2. The van der Waals surface area contributed by atoms with Gasteiger partial charge in [0.1, 0.15) is 12.1 Å². The number of esters is 1. The van der Waals surface area contributed by atoms with Crippen molar-refractivity contribution in [3.05, 3.63) is 64.0 Å². The van der Waals surface area contributed by atoms with Gasteiger partial charge in [-0.15, -0.1) is 0 Å². The number of carbonyl (C=O) groups is 2. The minimum Gasteiger partial charge on any atom is -0.504 e. The summed E-state index contributed by atoms with van der Waals surface area (Å²) in [6, 6.07) is 3.97. The summed E-state index contributed by atoms with van der Waals surface area (Å²) < 4.78 is 7.54. The second-order valence-electron chi connectivity index (χ2n) is 15.5. The largest absolute Gasteiger partial charge is 0.504 e. The van der Waals surface area contributed by atoms with Gasteiger partial charge in [-0.25, -0.2) is 4.98 Å². The maximum atomic E-state index is 13.7. The molecule has 0 bridgehead atoms. The lowest BCUT2D eigenvalue weighted by Crippen LogP contribution is -2.62. The van der Waals surface area contributed by atoms with Crippen molar-refractivity contribution >= 4 is 11.8 Å². The number of aliphatic hydroxyl groups is 1. The first kappa shape index (κ1) is 31.1. The minimum absolute atomic E-state index is 0.0432. The Labute approximate surface area is 266 Å². The third-order valence-electron chi connectivity index (χ3n) is 13.2. The van der Waals surface area contributed by atoms with Crippen LogP contribution in [-0.4, -0.2) is 33.0 Å². The highest BCUT2D eigenvalue weighted by Gasteiger charge is 2.67. The topological polar surface area (TPSA) is 129 Å². The molecule has 0 radical (unpaired) electrons. The van der Waals surface area contributed by atoms with E-state index in [9.17, 15) is 20.0 Å². The Morgan fingerprint density at radius 3 is 2.51 bits per heavy atom. The molecule has 1 N–H and O–H groups in total. The van der Waals surface area contributed by atoms with E-state index in [0.717, 1.165) is 56.1 Å². The highest BCUT2D eigenvalue weighted by molar-refractivity contribution is 6.06. The van der Waals surface area contributed by atoms with Crippen LogP contribution in [0.4, 0.5) is 0 Å². The van der Waals surface area contributed by atoms with E-state index in [1.807, 2.05) is 19.1 Å². The fourth-order valence-corrected chi connectivity index (χ4v) is 9.97. The van der Waals surface area contributed by atoms with E-state index in [1.54, 1.807) is 10.6 Å². The van der Waals surface area contributed by atoms with Crippen molar-refractivity contribution in [2.45, 2.75) is 99.5 Å². The summed E-state index contributed by atoms with van der Waals surface area (Å²) in [5.74, 6) is -0.281. The molecule has 0 saturated heterocycles. The van der Waals surface area contributed by atoms with Crippen LogP contribution in [0.1, 0.15) is 104 Å². The predicted molar refractivity (Wildman–Crippen MR) is 168 cm³/mol. The number of carbonyl (C=O) groups excluding carboxylic acids is 2. The number of hydrogen-bond donors (Lipinski definition) is 1. The molecule has 6 rings (SSSR count). The molecule has 0 spiro atoms. The van der Waals surface area contributed by atoms with Gasteiger partial charge in [0, 0.05) is 17.5 Å². The smallest absolute Gasteiger partial charge is 0.311 e. The van der Waals surface area contributed by atoms with E-state index in [-0.39, 0.29) is 57.2 Å². The summed E-state index contributed by atoms with van der Waals surface area (Å²) >= 11 is 0. The molecular weight excluding hydrogens is 564 g/mol. The summed E-state index contributed by atoms with van der Waals surface area (Å²) in [7, 11) is 0. The van der Waals surface area contributed by atoms with Crippen LogP contribution in [0.3, 0.4) is 0 Å². The molecule has 0 amide bonds. The quantitative estimate of drug-likeness (QED) is 0.277. The van der Waals surface area contributed by atoms with Crippen LogP contribution in [0.2, 0.25) is 0 Å². The van der Waals surface area contributed by atoms with Crippen molar-refractivity contribution in [1.29, 1.82) is 10.5 Å². The van der Waals surface area contributed by atoms with Gasteiger partial charge in [-0.2, -0.15) is 10.5 Å². The van der Waals surface area contributed by atoms with Gasteiger partial charge in [0.15, 0.2) is 17.1 Å². The standard InChI is InChI=1S/C37H44N4O4/c1-23-24-8-9-29-35(4,25(24)18-28(42)31(23)43)13-15-37(6)30-19-34(3,11-10-33(30,2)12-14-36(29,37)5)32(44)45-17-7-16-41-22-40-26(20-38)27(41)21-39/h8-9,18,22,30,43H,7,10-17,19H2,1-6H3/t30-,33-,34-,35+,36-,37+/m1/s1. The zero-order valence-corrected chi connectivity index (χ0v) is 27.4. The molecule has 1 aromatic rings. The number of aliphatic hydroxyl groups excluding tert-OH is 1. The molecule has 3 fully saturated rings. The Balaban J connectivity index is 1.23. The van der Waals surface area contributed by atoms with E-state index in [1.165, 1.54) is 11.9 Å². The molecule has 3 saturated carbocycles. The van der Waals surface area contributed by atoms with Gasteiger partial charge in [-0.3, -0.25) is 9.59 Å². The van der Waals surface area contributed by atoms with Gasteiger partial charge in [-0.05, 0) is 105 Å². The van der Waals surface area contributed by atoms with Gasteiger partial charge in [0.05, 0.1) is 18.3 Å². The van der Waals surface area contributed by atoms with Gasteiger partial charge >= 0.3 is 5.97 Å². The van der Waals surface area contributed by atoms with Crippen molar-refractivity contribution in [1.82, 2.24) is 9.55 Å². The fraction of sp³-hybridized carbons (Fsp3) is 0.595. The first-order chi connectivity index (χ1) is 21.2. The number of hydrogen-bond acceptors (Lipinski definition) is 7. The highest BCUT2D eigenvalue weighted by atomic mass is 16.5. The molecule has 0 unspecified atom stereocenters. The van der Waals surface area contributed by atoms with Crippen LogP contribution >= 0.6 is 0 Å². The Hall–Kier alpha value is -3.91. The Morgan fingerprint density at radius 2 is 1.80 bits per heavy atom. The lowest BCUT2D eigenvalue weighted by molar-refractivity contribution is -0.182. The number of nitriles is 2. The van der Waals surface area contributed by atoms with E-state index in [0.29, 0.717) is 24.5 Å². The zero-order valence-electron chi connectivity index (χ0n) is 27.4. The van der Waals surface area contributed by atoms with Gasteiger partial charge in [0.2, 0.25) is 5.78 Å². The Morgan fingerprint density at radius 1 is 1.07 bits per heavy atom. The minimum atomic E-state index is -0.585. The molecule has 1 aromatic heterocycles. The van der Waals surface area contributed by atoms with E-state index < -0.39 is 5.41 Å². The van der Waals surface area contributed by atoms with Gasteiger partial charge in [0.25, 0.3) is 0 Å². The molecule has 5 aliphatic rings. The number of aromatic nitrogens is 2. The molecule has 0 aromatic carbocycles. The van der Waals surface area contributed by atoms with E-state index >= 15 is 0 Å². The average molecular weight is 609 g/mol. The number of allylic oxidation sites excluding steroid dienone is 7.